The third-order valence-electron chi connectivity index (χ3n) is 4.16. The lowest BCUT2D eigenvalue weighted by atomic mass is 9.87. The summed E-state index contributed by atoms with van der Waals surface area (Å²) in [6.45, 7) is 6.59. The molecule has 0 saturated heterocycles. The van der Waals surface area contributed by atoms with E-state index in [4.69, 9.17) is 9.26 Å². The van der Waals surface area contributed by atoms with Gasteiger partial charge >= 0.3 is 0 Å². The zero-order valence-electron chi connectivity index (χ0n) is 15.8. The Kier molecular flexibility index (Phi) is 5.64. The van der Waals surface area contributed by atoms with Gasteiger partial charge in [-0.05, 0) is 23.1 Å². The first-order valence-corrected chi connectivity index (χ1v) is 10.0. The maximum absolute atomic E-state index is 6.55. The number of rotatable bonds is 5. The lowest BCUT2D eigenvalue weighted by Crippen LogP contribution is -2.16. The summed E-state index contributed by atoms with van der Waals surface area (Å²) in [4.78, 5) is 0. The Morgan fingerprint density at radius 1 is 0.692 bits per heavy atom. The van der Waals surface area contributed by atoms with Crippen LogP contribution in [0.4, 0.5) is 0 Å². The second-order valence-corrected chi connectivity index (χ2v) is 9.01. The first-order chi connectivity index (χ1) is 12.5. The number of hydrogen-bond donors (Lipinski definition) is 0. The standard InChI is InChI=1S/C23H25O2P/c1-23(2,3)18-15-19(24-4)17-20(16-18)25-26(21-11-7-5-8-12-21)22-13-9-6-10-14-22/h5-17H,1-4H3. The second-order valence-electron chi connectivity index (χ2n) is 7.20. The van der Waals surface area contributed by atoms with Gasteiger partial charge in [0.2, 0.25) is 0 Å². The molecule has 2 nitrogen and oxygen atoms in total. The summed E-state index contributed by atoms with van der Waals surface area (Å²) < 4.78 is 12.1. The molecule has 134 valence electrons. The maximum atomic E-state index is 6.55. The number of methoxy groups -OCH3 is 1. The van der Waals surface area contributed by atoms with E-state index in [0.717, 1.165) is 11.5 Å². The van der Waals surface area contributed by atoms with Crippen molar-refractivity contribution in [2.24, 2.45) is 0 Å². The van der Waals surface area contributed by atoms with E-state index in [1.807, 2.05) is 18.2 Å². The van der Waals surface area contributed by atoms with Crippen molar-refractivity contribution in [2.45, 2.75) is 26.2 Å². The molecule has 26 heavy (non-hydrogen) atoms. The molecular formula is C23H25O2P. The molecule has 0 aliphatic heterocycles. The highest BCUT2D eigenvalue weighted by Gasteiger charge is 2.20. The van der Waals surface area contributed by atoms with Crippen LogP contribution in [0.15, 0.2) is 78.9 Å². The summed E-state index contributed by atoms with van der Waals surface area (Å²) in [6.07, 6.45) is 0. The topological polar surface area (TPSA) is 18.5 Å². The first kappa shape index (κ1) is 18.5. The molecule has 0 saturated carbocycles. The van der Waals surface area contributed by atoms with Gasteiger partial charge in [-0.15, -0.1) is 0 Å². The van der Waals surface area contributed by atoms with E-state index in [1.165, 1.54) is 16.2 Å². The number of ether oxygens (including phenoxy) is 1. The molecule has 0 bridgehead atoms. The van der Waals surface area contributed by atoms with Gasteiger partial charge in [0.1, 0.15) is 11.5 Å². The van der Waals surface area contributed by atoms with Gasteiger partial charge in [0, 0.05) is 16.7 Å². The predicted octanol–water partition coefficient (Wildman–Crippen LogP) is 5.42. The van der Waals surface area contributed by atoms with Gasteiger partial charge in [-0.3, -0.25) is 0 Å². The molecule has 0 aromatic heterocycles. The molecule has 3 aromatic rings. The molecule has 0 heterocycles. The van der Waals surface area contributed by atoms with Gasteiger partial charge in [-0.1, -0.05) is 81.4 Å². The van der Waals surface area contributed by atoms with Crippen molar-refractivity contribution in [1.29, 1.82) is 0 Å². The molecule has 0 aliphatic rings. The van der Waals surface area contributed by atoms with Crippen LogP contribution >= 0.6 is 8.15 Å². The van der Waals surface area contributed by atoms with Gasteiger partial charge in [-0.2, -0.15) is 0 Å². The van der Waals surface area contributed by atoms with E-state index in [1.54, 1.807) is 7.11 Å². The average molecular weight is 364 g/mol. The van der Waals surface area contributed by atoms with Crippen molar-refractivity contribution in [3.63, 3.8) is 0 Å². The van der Waals surface area contributed by atoms with Crippen LogP contribution in [0, 0.1) is 0 Å². The highest BCUT2D eigenvalue weighted by molar-refractivity contribution is 7.68. The summed E-state index contributed by atoms with van der Waals surface area (Å²) in [5, 5.41) is 2.38. The van der Waals surface area contributed by atoms with E-state index in [2.05, 4.69) is 81.4 Å². The smallest absolute Gasteiger partial charge is 0.150 e. The normalized spacial score (nSPS) is 11.4. The van der Waals surface area contributed by atoms with Crippen LogP contribution < -0.4 is 19.9 Å². The third-order valence-corrected chi connectivity index (χ3v) is 6.09. The minimum Gasteiger partial charge on any atom is -0.497 e. The Labute approximate surface area is 157 Å². The van der Waals surface area contributed by atoms with Crippen molar-refractivity contribution in [1.82, 2.24) is 0 Å². The average Bonchev–Trinajstić information content (AvgIpc) is 2.66. The molecule has 0 atom stereocenters. The Morgan fingerprint density at radius 2 is 1.19 bits per heavy atom. The Balaban J connectivity index is 2.02. The largest absolute Gasteiger partial charge is 0.497 e. The molecule has 0 radical (unpaired) electrons. The van der Waals surface area contributed by atoms with Gasteiger partial charge in [0.05, 0.1) is 7.11 Å². The Bertz CT molecular complexity index is 800. The van der Waals surface area contributed by atoms with Crippen molar-refractivity contribution in [3.05, 3.63) is 84.4 Å². The fourth-order valence-corrected chi connectivity index (χ4v) is 4.37. The van der Waals surface area contributed by atoms with Gasteiger partial charge in [0.25, 0.3) is 0 Å². The molecule has 0 spiro atoms. The van der Waals surface area contributed by atoms with Crippen LogP contribution in [-0.2, 0) is 5.41 Å². The summed E-state index contributed by atoms with van der Waals surface area (Å²) >= 11 is 0. The fraction of sp³-hybridized carbons (Fsp3) is 0.217. The second kappa shape index (κ2) is 7.93. The SMILES string of the molecule is COc1cc(OP(c2ccccc2)c2ccccc2)cc(C(C)(C)C)c1. The van der Waals surface area contributed by atoms with E-state index >= 15 is 0 Å². The van der Waals surface area contributed by atoms with Gasteiger partial charge < -0.3 is 9.26 Å². The highest BCUT2D eigenvalue weighted by Crippen LogP contribution is 2.39. The van der Waals surface area contributed by atoms with Gasteiger partial charge in [0.15, 0.2) is 8.15 Å². The summed E-state index contributed by atoms with van der Waals surface area (Å²) in [5.74, 6) is 1.66. The van der Waals surface area contributed by atoms with Crippen molar-refractivity contribution >= 4 is 18.8 Å². The Hall–Kier alpha value is -2.31. The van der Waals surface area contributed by atoms with E-state index < -0.39 is 8.15 Å². The lowest BCUT2D eigenvalue weighted by Gasteiger charge is -2.23. The Morgan fingerprint density at radius 3 is 1.65 bits per heavy atom. The van der Waals surface area contributed by atoms with Crippen molar-refractivity contribution in [3.8, 4) is 11.5 Å². The minimum atomic E-state index is -0.948. The maximum Gasteiger partial charge on any atom is 0.150 e. The monoisotopic (exact) mass is 364 g/mol. The predicted molar refractivity (Wildman–Crippen MR) is 111 cm³/mol. The summed E-state index contributed by atoms with van der Waals surface area (Å²) in [7, 11) is 0.749. The molecule has 3 heteroatoms. The van der Waals surface area contributed by atoms with E-state index in [0.29, 0.717) is 0 Å². The summed E-state index contributed by atoms with van der Waals surface area (Å²) in [5.41, 5.74) is 1.22. The molecule has 3 rings (SSSR count). The van der Waals surface area contributed by atoms with Crippen LogP contribution in [0.5, 0.6) is 11.5 Å². The molecule has 0 fully saturated rings. The van der Waals surface area contributed by atoms with Gasteiger partial charge in [-0.25, -0.2) is 0 Å². The highest BCUT2D eigenvalue weighted by atomic mass is 31.1. The van der Waals surface area contributed by atoms with Crippen LogP contribution in [-0.4, -0.2) is 7.11 Å². The zero-order valence-corrected chi connectivity index (χ0v) is 16.7. The van der Waals surface area contributed by atoms with Crippen molar-refractivity contribution < 1.29 is 9.26 Å². The zero-order chi connectivity index (χ0) is 18.6. The minimum absolute atomic E-state index is 0.0227. The summed E-state index contributed by atoms with van der Waals surface area (Å²) in [6, 6.07) is 27.0. The van der Waals surface area contributed by atoms with E-state index in [-0.39, 0.29) is 5.41 Å². The number of hydrogen-bond acceptors (Lipinski definition) is 2. The number of benzene rings is 3. The third kappa shape index (κ3) is 4.45. The lowest BCUT2D eigenvalue weighted by molar-refractivity contribution is 0.410. The van der Waals surface area contributed by atoms with Crippen LogP contribution in [0.2, 0.25) is 0 Å². The quantitative estimate of drug-likeness (QED) is 0.563. The molecule has 0 amide bonds. The molecule has 0 unspecified atom stereocenters. The molecule has 3 aromatic carbocycles. The van der Waals surface area contributed by atoms with E-state index in [9.17, 15) is 0 Å². The van der Waals surface area contributed by atoms with Crippen LogP contribution in [0.25, 0.3) is 0 Å². The molecule has 0 aliphatic carbocycles. The molecular weight excluding hydrogens is 339 g/mol. The van der Waals surface area contributed by atoms with Crippen LogP contribution in [0.3, 0.4) is 0 Å². The fourth-order valence-electron chi connectivity index (χ4n) is 2.66. The van der Waals surface area contributed by atoms with Crippen molar-refractivity contribution in [2.75, 3.05) is 7.11 Å². The first-order valence-electron chi connectivity index (χ1n) is 8.75. The van der Waals surface area contributed by atoms with Crippen LogP contribution in [0.1, 0.15) is 26.3 Å². The molecule has 0 N–H and O–H groups in total.